The van der Waals surface area contributed by atoms with Gasteiger partial charge >= 0.3 is 0 Å². The maximum atomic E-state index is 11.9. The van der Waals surface area contributed by atoms with Crippen molar-refractivity contribution in [1.29, 1.82) is 0 Å². The van der Waals surface area contributed by atoms with Crippen LogP contribution in [-0.2, 0) is 4.79 Å². The van der Waals surface area contributed by atoms with Crippen molar-refractivity contribution >= 4 is 17.2 Å². The lowest BCUT2D eigenvalue weighted by molar-refractivity contribution is -0.121. The highest BCUT2D eigenvalue weighted by atomic mass is 32.1. The molecule has 112 valence electrons. The molecule has 4 nitrogen and oxygen atoms in total. The van der Waals surface area contributed by atoms with Crippen LogP contribution >= 0.6 is 11.3 Å². The molecule has 0 radical (unpaired) electrons. The Labute approximate surface area is 125 Å². The van der Waals surface area contributed by atoms with Crippen LogP contribution in [0.5, 0.6) is 0 Å². The first kappa shape index (κ1) is 15.4. The summed E-state index contributed by atoms with van der Waals surface area (Å²) in [6, 6.07) is 0.0242. The number of amides is 1. The molecule has 0 saturated carbocycles. The second kappa shape index (κ2) is 7.74. The molecule has 2 heterocycles. The smallest absolute Gasteiger partial charge is 0.220 e. The van der Waals surface area contributed by atoms with Gasteiger partial charge in [0, 0.05) is 17.5 Å². The molecule has 0 bridgehead atoms. The maximum Gasteiger partial charge on any atom is 0.220 e. The molecule has 1 N–H and O–H groups in total. The number of carbonyl (C=O) groups is 1. The lowest BCUT2D eigenvalue weighted by Gasteiger charge is -2.26. The Kier molecular flexibility index (Phi) is 5.98. The first-order valence-corrected chi connectivity index (χ1v) is 8.47. The SMILES string of the molecule is Cc1csc(C(C)NC(=O)CCCN2CCCCC2)n1. The number of aryl methyl sites for hydroxylation is 1. The average Bonchev–Trinajstić information content (AvgIpc) is 2.87. The van der Waals surface area contributed by atoms with Gasteiger partial charge in [-0.05, 0) is 52.7 Å². The first-order chi connectivity index (χ1) is 9.65. The number of aromatic nitrogens is 1. The lowest BCUT2D eigenvalue weighted by atomic mass is 10.1. The van der Waals surface area contributed by atoms with E-state index in [1.807, 2.05) is 19.2 Å². The van der Waals surface area contributed by atoms with Gasteiger partial charge in [0.25, 0.3) is 0 Å². The van der Waals surface area contributed by atoms with Gasteiger partial charge in [-0.3, -0.25) is 4.79 Å². The van der Waals surface area contributed by atoms with Crippen LogP contribution in [0.3, 0.4) is 0 Å². The Morgan fingerprint density at radius 2 is 2.20 bits per heavy atom. The average molecular weight is 295 g/mol. The van der Waals surface area contributed by atoms with Crippen LogP contribution in [0.25, 0.3) is 0 Å². The van der Waals surface area contributed by atoms with E-state index in [1.54, 1.807) is 11.3 Å². The standard InChI is InChI=1S/C15H25N3OS/c1-12-11-20-15(16-12)13(2)17-14(19)7-6-10-18-8-4-3-5-9-18/h11,13H,3-10H2,1-2H3,(H,17,19). The molecular formula is C15H25N3OS. The van der Waals surface area contributed by atoms with Crippen LogP contribution in [0, 0.1) is 6.92 Å². The van der Waals surface area contributed by atoms with Crippen LogP contribution in [0.15, 0.2) is 5.38 Å². The quantitative estimate of drug-likeness (QED) is 0.877. The molecule has 1 aromatic rings. The van der Waals surface area contributed by atoms with Crippen molar-refractivity contribution in [3.8, 4) is 0 Å². The third-order valence-corrected chi connectivity index (χ3v) is 4.86. The molecule has 5 heteroatoms. The lowest BCUT2D eigenvalue weighted by Crippen LogP contribution is -2.32. The topological polar surface area (TPSA) is 45.2 Å². The first-order valence-electron chi connectivity index (χ1n) is 7.59. The fraction of sp³-hybridized carbons (Fsp3) is 0.733. The summed E-state index contributed by atoms with van der Waals surface area (Å²) in [5, 5.41) is 6.05. The minimum atomic E-state index is 0.0242. The van der Waals surface area contributed by atoms with Crippen molar-refractivity contribution in [2.24, 2.45) is 0 Å². The Morgan fingerprint density at radius 3 is 2.85 bits per heavy atom. The molecule has 20 heavy (non-hydrogen) atoms. The zero-order valence-corrected chi connectivity index (χ0v) is 13.3. The van der Waals surface area contributed by atoms with Crippen molar-refractivity contribution in [1.82, 2.24) is 15.2 Å². The van der Waals surface area contributed by atoms with Gasteiger partial charge in [0.1, 0.15) is 5.01 Å². The maximum absolute atomic E-state index is 11.9. The van der Waals surface area contributed by atoms with E-state index in [2.05, 4.69) is 15.2 Å². The van der Waals surface area contributed by atoms with E-state index in [-0.39, 0.29) is 11.9 Å². The highest BCUT2D eigenvalue weighted by Crippen LogP contribution is 2.17. The van der Waals surface area contributed by atoms with Gasteiger partial charge in [-0.15, -0.1) is 11.3 Å². The van der Waals surface area contributed by atoms with Gasteiger partial charge in [0.2, 0.25) is 5.91 Å². The van der Waals surface area contributed by atoms with E-state index in [9.17, 15) is 4.79 Å². The number of piperidine rings is 1. The van der Waals surface area contributed by atoms with Crippen molar-refractivity contribution in [3.63, 3.8) is 0 Å². The molecule has 0 aliphatic carbocycles. The molecule has 1 fully saturated rings. The van der Waals surface area contributed by atoms with Gasteiger partial charge in [-0.25, -0.2) is 4.98 Å². The minimum Gasteiger partial charge on any atom is -0.347 e. The monoisotopic (exact) mass is 295 g/mol. The number of hydrogen-bond acceptors (Lipinski definition) is 4. The second-order valence-electron chi connectivity index (χ2n) is 5.62. The predicted octanol–water partition coefficient (Wildman–Crippen LogP) is 2.89. The molecule has 1 aromatic heterocycles. The van der Waals surface area contributed by atoms with E-state index in [0.29, 0.717) is 6.42 Å². The van der Waals surface area contributed by atoms with Gasteiger partial charge in [-0.2, -0.15) is 0 Å². The molecule has 1 unspecified atom stereocenters. The summed E-state index contributed by atoms with van der Waals surface area (Å²) >= 11 is 1.61. The number of nitrogens with zero attached hydrogens (tertiary/aromatic N) is 2. The van der Waals surface area contributed by atoms with Crippen LogP contribution in [-0.4, -0.2) is 35.4 Å². The van der Waals surface area contributed by atoms with Gasteiger partial charge in [0.05, 0.1) is 6.04 Å². The molecule has 1 atom stereocenters. The minimum absolute atomic E-state index is 0.0242. The summed E-state index contributed by atoms with van der Waals surface area (Å²) < 4.78 is 0. The molecule has 0 aromatic carbocycles. The van der Waals surface area contributed by atoms with Crippen LogP contribution in [0.1, 0.15) is 55.8 Å². The molecular weight excluding hydrogens is 270 g/mol. The molecule has 1 amide bonds. The normalized spacial score (nSPS) is 17.9. The van der Waals surface area contributed by atoms with Crippen molar-refractivity contribution in [3.05, 3.63) is 16.1 Å². The summed E-state index contributed by atoms with van der Waals surface area (Å²) in [4.78, 5) is 18.8. The number of likely N-dealkylation sites (tertiary alicyclic amines) is 1. The highest BCUT2D eigenvalue weighted by Gasteiger charge is 2.14. The van der Waals surface area contributed by atoms with Gasteiger partial charge in [0.15, 0.2) is 0 Å². The molecule has 2 rings (SSSR count). The number of carbonyl (C=O) groups excluding carboxylic acids is 1. The number of nitrogens with one attached hydrogen (secondary N) is 1. The van der Waals surface area contributed by atoms with E-state index in [0.717, 1.165) is 23.7 Å². The fourth-order valence-corrected chi connectivity index (χ4v) is 3.40. The van der Waals surface area contributed by atoms with Crippen molar-refractivity contribution < 1.29 is 4.79 Å². The van der Waals surface area contributed by atoms with Crippen LogP contribution < -0.4 is 5.32 Å². The molecule has 1 saturated heterocycles. The van der Waals surface area contributed by atoms with Crippen LogP contribution in [0.4, 0.5) is 0 Å². The van der Waals surface area contributed by atoms with Crippen LogP contribution in [0.2, 0.25) is 0 Å². The van der Waals surface area contributed by atoms with E-state index >= 15 is 0 Å². The predicted molar refractivity (Wildman–Crippen MR) is 82.9 cm³/mol. The molecule has 0 spiro atoms. The zero-order chi connectivity index (χ0) is 14.4. The fourth-order valence-electron chi connectivity index (χ4n) is 2.59. The highest BCUT2D eigenvalue weighted by molar-refractivity contribution is 7.09. The summed E-state index contributed by atoms with van der Waals surface area (Å²) in [6.45, 7) is 7.44. The second-order valence-corrected chi connectivity index (χ2v) is 6.51. The Hall–Kier alpha value is -0.940. The Balaban J connectivity index is 1.64. The van der Waals surface area contributed by atoms with Crippen molar-refractivity contribution in [2.75, 3.05) is 19.6 Å². The summed E-state index contributed by atoms with van der Waals surface area (Å²) in [5.74, 6) is 0.141. The summed E-state index contributed by atoms with van der Waals surface area (Å²) in [7, 11) is 0. The number of rotatable bonds is 6. The van der Waals surface area contributed by atoms with E-state index in [1.165, 1.54) is 32.4 Å². The van der Waals surface area contributed by atoms with E-state index < -0.39 is 0 Å². The molecule has 1 aliphatic heterocycles. The van der Waals surface area contributed by atoms with E-state index in [4.69, 9.17) is 0 Å². The largest absolute Gasteiger partial charge is 0.347 e. The third kappa shape index (κ3) is 4.87. The third-order valence-electron chi connectivity index (χ3n) is 3.71. The summed E-state index contributed by atoms with van der Waals surface area (Å²) in [6.07, 6.45) is 5.56. The van der Waals surface area contributed by atoms with Gasteiger partial charge < -0.3 is 10.2 Å². The molecule has 1 aliphatic rings. The zero-order valence-electron chi connectivity index (χ0n) is 12.5. The van der Waals surface area contributed by atoms with Gasteiger partial charge in [-0.1, -0.05) is 6.42 Å². The number of hydrogen-bond donors (Lipinski definition) is 1. The Bertz CT molecular complexity index is 427. The number of thiazole rings is 1. The van der Waals surface area contributed by atoms with Crippen molar-refractivity contribution in [2.45, 2.75) is 52.0 Å². The Morgan fingerprint density at radius 1 is 1.45 bits per heavy atom. The summed E-state index contributed by atoms with van der Waals surface area (Å²) in [5.41, 5.74) is 1.02.